The summed E-state index contributed by atoms with van der Waals surface area (Å²) in [5, 5.41) is 3.20. The second kappa shape index (κ2) is 6.29. The zero-order valence-electron chi connectivity index (χ0n) is 11.0. The van der Waals surface area contributed by atoms with Crippen molar-refractivity contribution in [2.45, 2.75) is 6.92 Å². The van der Waals surface area contributed by atoms with E-state index in [1.165, 1.54) is 0 Å². The third kappa shape index (κ3) is 3.32. The van der Waals surface area contributed by atoms with Crippen LogP contribution in [-0.2, 0) is 0 Å². The second-order valence-electron chi connectivity index (χ2n) is 4.28. The molecule has 1 N–H and O–H groups in total. The monoisotopic (exact) mass is 353 g/mol. The van der Waals surface area contributed by atoms with Gasteiger partial charge in [-0.3, -0.25) is 4.79 Å². The molecular weight excluding hydrogens is 342 g/mol. The number of hydrogen-bond acceptors (Lipinski definition) is 2. The first-order valence-electron chi connectivity index (χ1n) is 5.92. The van der Waals surface area contributed by atoms with Gasteiger partial charge in [-0.05, 0) is 42.8 Å². The quantitative estimate of drug-likeness (QED) is 0.869. The van der Waals surface area contributed by atoms with E-state index in [-0.39, 0.29) is 5.91 Å². The van der Waals surface area contributed by atoms with Crippen LogP contribution < -0.4 is 10.1 Å². The summed E-state index contributed by atoms with van der Waals surface area (Å²) in [5.41, 5.74) is 2.07. The van der Waals surface area contributed by atoms with Crippen molar-refractivity contribution in [3.8, 4) is 5.75 Å². The van der Waals surface area contributed by atoms with E-state index >= 15 is 0 Å². The molecule has 2 rings (SSSR count). The largest absolute Gasteiger partial charge is 0.495 e. The molecule has 0 aliphatic rings. The highest BCUT2D eigenvalue weighted by atomic mass is 79.9. The molecule has 0 saturated heterocycles. The Hall–Kier alpha value is -1.52. The van der Waals surface area contributed by atoms with Gasteiger partial charge in [0.2, 0.25) is 0 Å². The number of aryl methyl sites for hydroxylation is 1. The molecule has 0 heterocycles. The maximum absolute atomic E-state index is 12.3. The van der Waals surface area contributed by atoms with E-state index in [2.05, 4.69) is 21.2 Å². The van der Waals surface area contributed by atoms with Crippen molar-refractivity contribution in [2.24, 2.45) is 0 Å². The second-order valence-corrected chi connectivity index (χ2v) is 5.60. The molecule has 0 atom stereocenters. The lowest BCUT2D eigenvalue weighted by Crippen LogP contribution is -2.13. The molecule has 20 heavy (non-hydrogen) atoms. The van der Waals surface area contributed by atoms with Gasteiger partial charge in [0.15, 0.2) is 0 Å². The Kier molecular flexibility index (Phi) is 4.68. The summed E-state index contributed by atoms with van der Waals surface area (Å²) >= 11 is 9.37. The molecule has 3 nitrogen and oxygen atoms in total. The molecule has 0 aliphatic carbocycles. The standard InChI is InChI=1S/C15H13BrClNO2/c1-9-3-6-13(14(7-9)20-2)18-15(19)11-8-10(16)4-5-12(11)17/h3-8H,1-2H3,(H,18,19). The Bertz CT molecular complexity index is 658. The summed E-state index contributed by atoms with van der Waals surface area (Å²) in [4.78, 5) is 12.3. The van der Waals surface area contributed by atoms with Crippen LogP contribution in [-0.4, -0.2) is 13.0 Å². The lowest BCUT2D eigenvalue weighted by atomic mass is 10.1. The molecule has 0 saturated carbocycles. The summed E-state index contributed by atoms with van der Waals surface area (Å²) in [5.74, 6) is 0.336. The van der Waals surface area contributed by atoms with Crippen LogP contribution in [0.25, 0.3) is 0 Å². The normalized spacial score (nSPS) is 10.2. The molecule has 2 aromatic carbocycles. The molecule has 104 valence electrons. The maximum Gasteiger partial charge on any atom is 0.257 e. The smallest absolute Gasteiger partial charge is 0.257 e. The molecule has 0 radical (unpaired) electrons. The van der Waals surface area contributed by atoms with E-state index in [0.717, 1.165) is 10.0 Å². The van der Waals surface area contributed by atoms with E-state index in [4.69, 9.17) is 16.3 Å². The average molecular weight is 355 g/mol. The summed E-state index contributed by atoms with van der Waals surface area (Å²) in [6.45, 7) is 1.96. The Morgan fingerprint density at radius 2 is 2.00 bits per heavy atom. The Balaban J connectivity index is 2.30. The zero-order chi connectivity index (χ0) is 14.7. The minimum Gasteiger partial charge on any atom is -0.495 e. The van der Waals surface area contributed by atoms with E-state index in [1.807, 2.05) is 19.1 Å². The predicted molar refractivity (Wildman–Crippen MR) is 84.8 cm³/mol. The van der Waals surface area contributed by atoms with Crippen LogP contribution in [0.4, 0.5) is 5.69 Å². The number of amides is 1. The lowest BCUT2D eigenvalue weighted by Gasteiger charge is -2.11. The fraction of sp³-hybridized carbons (Fsp3) is 0.133. The number of ether oxygens (including phenoxy) is 1. The third-order valence-corrected chi connectivity index (χ3v) is 3.60. The minimum absolute atomic E-state index is 0.279. The van der Waals surface area contributed by atoms with E-state index in [9.17, 15) is 4.79 Å². The Labute approximate surface area is 131 Å². The van der Waals surface area contributed by atoms with Gasteiger partial charge in [-0.25, -0.2) is 0 Å². The summed E-state index contributed by atoms with van der Waals surface area (Å²) in [6.07, 6.45) is 0. The van der Waals surface area contributed by atoms with Crippen LogP contribution >= 0.6 is 27.5 Å². The number of hydrogen-bond donors (Lipinski definition) is 1. The first-order valence-corrected chi connectivity index (χ1v) is 7.09. The molecule has 0 bridgehead atoms. The molecule has 0 aliphatic heterocycles. The topological polar surface area (TPSA) is 38.3 Å². The SMILES string of the molecule is COc1cc(C)ccc1NC(=O)c1cc(Br)ccc1Cl. The van der Waals surface area contributed by atoms with Gasteiger partial charge in [0.25, 0.3) is 5.91 Å². The van der Waals surface area contributed by atoms with Crippen LogP contribution in [0.1, 0.15) is 15.9 Å². The van der Waals surface area contributed by atoms with E-state index in [1.54, 1.807) is 31.4 Å². The average Bonchev–Trinajstić information content (AvgIpc) is 2.43. The van der Waals surface area contributed by atoms with Crippen LogP contribution in [0.3, 0.4) is 0 Å². The zero-order valence-corrected chi connectivity index (χ0v) is 13.4. The fourth-order valence-electron chi connectivity index (χ4n) is 1.76. The number of carbonyl (C=O) groups is 1. The van der Waals surface area contributed by atoms with Gasteiger partial charge in [-0.15, -0.1) is 0 Å². The van der Waals surface area contributed by atoms with Crippen molar-refractivity contribution in [2.75, 3.05) is 12.4 Å². The highest BCUT2D eigenvalue weighted by Crippen LogP contribution is 2.27. The summed E-state index contributed by atoms with van der Waals surface area (Å²) in [7, 11) is 1.57. The maximum atomic E-state index is 12.3. The van der Waals surface area contributed by atoms with Gasteiger partial charge in [0.05, 0.1) is 23.4 Å². The number of benzene rings is 2. The highest BCUT2D eigenvalue weighted by molar-refractivity contribution is 9.10. The number of nitrogens with one attached hydrogen (secondary N) is 1. The van der Waals surface area contributed by atoms with Crippen LogP contribution in [0.2, 0.25) is 5.02 Å². The van der Waals surface area contributed by atoms with Gasteiger partial charge in [0, 0.05) is 4.47 Å². The molecule has 0 aromatic heterocycles. The summed E-state index contributed by atoms with van der Waals surface area (Å²) in [6, 6.07) is 10.7. The minimum atomic E-state index is -0.279. The van der Waals surface area contributed by atoms with E-state index in [0.29, 0.717) is 22.0 Å². The third-order valence-electron chi connectivity index (χ3n) is 2.78. The highest BCUT2D eigenvalue weighted by Gasteiger charge is 2.13. The first-order chi connectivity index (χ1) is 9.51. The number of carbonyl (C=O) groups excluding carboxylic acids is 1. The molecule has 0 spiro atoms. The van der Waals surface area contributed by atoms with Crippen molar-refractivity contribution >= 4 is 39.1 Å². The van der Waals surface area contributed by atoms with Crippen LogP contribution in [0, 0.1) is 6.92 Å². The Morgan fingerprint density at radius 3 is 2.70 bits per heavy atom. The predicted octanol–water partition coefficient (Wildman–Crippen LogP) is 4.67. The Morgan fingerprint density at radius 1 is 1.25 bits per heavy atom. The lowest BCUT2D eigenvalue weighted by molar-refractivity contribution is 0.102. The van der Waals surface area contributed by atoms with Crippen molar-refractivity contribution in [3.05, 3.63) is 57.0 Å². The first kappa shape index (κ1) is 14.9. The molecule has 5 heteroatoms. The molecule has 0 fully saturated rings. The number of methoxy groups -OCH3 is 1. The number of rotatable bonds is 3. The number of anilines is 1. The van der Waals surface area contributed by atoms with Crippen LogP contribution in [0.15, 0.2) is 40.9 Å². The van der Waals surface area contributed by atoms with Gasteiger partial charge in [-0.2, -0.15) is 0 Å². The van der Waals surface area contributed by atoms with Crippen molar-refractivity contribution < 1.29 is 9.53 Å². The molecule has 1 amide bonds. The summed E-state index contributed by atoms with van der Waals surface area (Å²) < 4.78 is 6.05. The molecular formula is C15H13BrClNO2. The van der Waals surface area contributed by atoms with Gasteiger partial charge in [-0.1, -0.05) is 33.6 Å². The molecule has 0 unspecified atom stereocenters. The van der Waals surface area contributed by atoms with Crippen molar-refractivity contribution in [1.82, 2.24) is 0 Å². The van der Waals surface area contributed by atoms with Crippen LogP contribution in [0.5, 0.6) is 5.75 Å². The fourth-order valence-corrected chi connectivity index (χ4v) is 2.33. The number of halogens is 2. The van der Waals surface area contributed by atoms with Crippen molar-refractivity contribution in [1.29, 1.82) is 0 Å². The van der Waals surface area contributed by atoms with E-state index < -0.39 is 0 Å². The molecule has 2 aromatic rings. The van der Waals surface area contributed by atoms with Gasteiger partial charge < -0.3 is 10.1 Å². The van der Waals surface area contributed by atoms with Gasteiger partial charge >= 0.3 is 0 Å². The van der Waals surface area contributed by atoms with Crippen molar-refractivity contribution in [3.63, 3.8) is 0 Å². The van der Waals surface area contributed by atoms with Gasteiger partial charge in [0.1, 0.15) is 5.75 Å².